The number of piperazine rings is 1. The van der Waals surface area contributed by atoms with Crippen LogP contribution in [0.5, 0.6) is 0 Å². The van der Waals surface area contributed by atoms with Gasteiger partial charge < -0.3 is 9.80 Å². The Labute approximate surface area is 140 Å². The van der Waals surface area contributed by atoms with Crippen LogP contribution in [-0.2, 0) is 17.8 Å². The maximum Gasteiger partial charge on any atom is 0.237 e. The minimum atomic E-state index is 0.289. The van der Waals surface area contributed by atoms with Gasteiger partial charge in [0.2, 0.25) is 5.91 Å². The first-order valence-electron chi connectivity index (χ1n) is 8.91. The summed E-state index contributed by atoms with van der Waals surface area (Å²) in [5.41, 5.74) is 2.72. The van der Waals surface area contributed by atoms with Gasteiger partial charge in [0.25, 0.3) is 0 Å². The van der Waals surface area contributed by atoms with Gasteiger partial charge in [-0.3, -0.25) is 9.69 Å². The first kappa shape index (κ1) is 16.5. The lowest BCUT2D eigenvalue weighted by Crippen LogP contribution is -2.51. The standard InChI is InChI=1S/C19H29N3O/c1-16(2)13-20-9-11-21(12-10-20)15-19(23)22-8-7-17-5-3-4-6-18(17)14-22/h3-6,16H,7-15H2,1-2H3. The lowest BCUT2D eigenvalue weighted by atomic mass is 10.00. The number of rotatable bonds is 4. The Hall–Kier alpha value is -1.39. The second-order valence-electron chi connectivity index (χ2n) is 7.30. The summed E-state index contributed by atoms with van der Waals surface area (Å²) in [4.78, 5) is 19.5. The first-order chi connectivity index (χ1) is 11.1. The maximum absolute atomic E-state index is 12.6. The predicted octanol–water partition coefficient (Wildman–Crippen LogP) is 1.84. The molecule has 1 saturated heterocycles. The zero-order valence-electron chi connectivity index (χ0n) is 14.5. The predicted molar refractivity (Wildman–Crippen MR) is 93.3 cm³/mol. The van der Waals surface area contributed by atoms with Crippen molar-refractivity contribution in [3.63, 3.8) is 0 Å². The van der Waals surface area contributed by atoms with Gasteiger partial charge in [-0.15, -0.1) is 0 Å². The van der Waals surface area contributed by atoms with Crippen molar-refractivity contribution in [2.24, 2.45) is 5.92 Å². The van der Waals surface area contributed by atoms with Gasteiger partial charge in [0, 0.05) is 45.8 Å². The second-order valence-corrected chi connectivity index (χ2v) is 7.30. The van der Waals surface area contributed by atoms with Crippen LogP contribution < -0.4 is 0 Å². The molecule has 0 spiro atoms. The molecule has 23 heavy (non-hydrogen) atoms. The van der Waals surface area contributed by atoms with Crippen LogP contribution in [0, 0.1) is 5.92 Å². The molecule has 4 heteroatoms. The fourth-order valence-corrected chi connectivity index (χ4v) is 3.65. The number of hydrogen-bond acceptors (Lipinski definition) is 3. The monoisotopic (exact) mass is 315 g/mol. The Morgan fingerprint density at radius 3 is 2.35 bits per heavy atom. The summed E-state index contributed by atoms with van der Waals surface area (Å²) in [7, 11) is 0. The summed E-state index contributed by atoms with van der Waals surface area (Å²) in [6.07, 6.45) is 0.990. The molecule has 3 rings (SSSR count). The third-order valence-corrected chi connectivity index (χ3v) is 4.93. The molecule has 2 heterocycles. The average Bonchev–Trinajstić information content (AvgIpc) is 2.55. The highest BCUT2D eigenvalue weighted by Gasteiger charge is 2.24. The van der Waals surface area contributed by atoms with Gasteiger partial charge in [0.05, 0.1) is 6.54 Å². The van der Waals surface area contributed by atoms with Crippen LogP contribution in [0.25, 0.3) is 0 Å². The van der Waals surface area contributed by atoms with Gasteiger partial charge in [-0.1, -0.05) is 38.1 Å². The molecule has 126 valence electrons. The fourth-order valence-electron chi connectivity index (χ4n) is 3.65. The maximum atomic E-state index is 12.6. The van der Waals surface area contributed by atoms with Gasteiger partial charge >= 0.3 is 0 Å². The molecule has 0 aromatic heterocycles. The second kappa shape index (κ2) is 7.45. The highest BCUT2D eigenvalue weighted by Crippen LogP contribution is 2.18. The molecule has 1 fully saturated rings. The number of fused-ring (bicyclic) bond motifs is 1. The molecule has 0 radical (unpaired) electrons. The first-order valence-corrected chi connectivity index (χ1v) is 8.91. The van der Waals surface area contributed by atoms with E-state index in [-0.39, 0.29) is 5.91 Å². The van der Waals surface area contributed by atoms with E-state index in [1.54, 1.807) is 0 Å². The average molecular weight is 315 g/mol. The number of benzene rings is 1. The van der Waals surface area contributed by atoms with E-state index in [1.165, 1.54) is 17.7 Å². The van der Waals surface area contributed by atoms with Crippen molar-refractivity contribution in [2.45, 2.75) is 26.8 Å². The molecule has 4 nitrogen and oxygen atoms in total. The topological polar surface area (TPSA) is 26.8 Å². The van der Waals surface area contributed by atoms with Crippen LogP contribution in [0.2, 0.25) is 0 Å². The molecular formula is C19H29N3O. The molecule has 0 bridgehead atoms. The van der Waals surface area contributed by atoms with E-state index < -0.39 is 0 Å². The Morgan fingerprint density at radius 1 is 1.00 bits per heavy atom. The van der Waals surface area contributed by atoms with E-state index >= 15 is 0 Å². The third-order valence-electron chi connectivity index (χ3n) is 4.93. The van der Waals surface area contributed by atoms with Crippen LogP contribution in [0.3, 0.4) is 0 Å². The highest BCUT2D eigenvalue weighted by atomic mass is 16.2. The SMILES string of the molecule is CC(C)CN1CCN(CC(=O)N2CCc3ccccc3C2)CC1. The Morgan fingerprint density at radius 2 is 1.65 bits per heavy atom. The van der Waals surface area contributed by atoms with Crippen molar-refractivity contribution in [1.82, 2.24) is 14.7 Å². The molecule has 0 unspecified atom stereocenters. The Balaban J connectivity index is 1.47. The third kappa shape index (κ3) is 4.33. The van der Waals surface area contributed by atoms with Crippen molar-refractivity contribution in [3.05, 3.63) is 35.4 Å². The van der Waals surface area contributed by atoms with E-state index in [0.717, 1.165) is 51.6 Å². The van der Waals surface area contributed by atoms with E-state index in [4.69, 9.17) is 0 Å². The molecule has 0 N–H and O–H groups in total. The van der Waals surface area contributed by atoms with Gasteiger partial charge in [-0.2, -0.15) is 0 Å². The molecule has 0 aliphatic carbocycles. The highest BCUT2D eigenvalue weighted by molar-refractivity contribution is 5.78. The van der Waals surface area contributed by atoms with E-state index in [1.807, 2.05) is 4.90 Å². The summed E-state index contributed by atoms with van der Waals surface area (Å²) in [5.74, 6) is 1.01. The minimum absolute atomic E-state index is 0.289. The molecule has 2 aliphatic heterocycles. The zero-order valence-corrected chi connectivity index (χ0v) is 14.5. The summed E-state index contributed by atoms with van der Waals surface area (Å²) < 4.78 is 0. The summed E-state index contributed by atoms with van der Waals surface area (Å²) in [6.45, 7) is 12.1. The van der Waals surface area contributed by atoms with Crippen molar-refractivity contribution in [2.75, 3.05) is 45.8 Å². The Bertz CT molecular complexity index is 535. The number of nitrogens with zero attached hydrogens (tertiary/aromatic N) is 3. The van der Waals surface area contributed by atoms with Crippen molar-refractivity contribution in [1.29, 1.82) is 0 Å². The molecule has 0 atom stereocenters. The van der Waals surface area contributed by atoms with E-state index in [2.05, 4.69) is 47.9 Å². The van der Waals surface area contributed by atoms with Crippen LogP contribution >= 0.6 is 0 Å². The summed E-state index contributed by atoms with van der Waals surface area (Å²) in [5, 5.41) is 0. The molecule has 0 saturated carbocycles. The molecule has 1 aromatic carbocycles. The lowest BCUT2D eigenvalue weighted by molar-refractivity contribution is -0.133. The lowest BCUT2D eigenvalue weighted by Gasteiger charge is -2.36. The number of carbonyl (C=O) groups is 1. The van der Waals surface area contributed by atoms with Crippen molar-refractivity contribution >= 4 is 5.91 Å². The fraction of sp³-hybridized carbons (Fsp3) is 0.632. The van der Waals surface area contributed by atoms with Crippen LogP contribution in [0.15, 0.2) is 24.3 Å². The zero-order chi connectivity index (χ0) is 16.2. The van der Waals surface area contributed by atoms with E-state index in [0.29, 0.717) is 6.54 Å². The van der Waals surface area contributed by atoms with Crippen LogP contribution in [0.4, 0.5) is 0 Å². The van der Waals surface area contributed by atoms with Crippen molar-refractivity contribution in [3.8, 4) is 0 Å². The summed E-state index contributed by atoms with van der Waals surface area (Å²) >= 11 is 0. The normalized spacial score (nSPS) is 19.9. The van der Waals surface area contributed by atoms with E-state index in [9.17, 15) is 4.79 Å². The summed E-state index contributed by atoms with van der Waals surface area (Å²) in [6, 6.07) is 8.50. The number of amides is 1. The quantitative estimate of drug-likeness (QED) is 0.848. The van der Waals surface area contributed by atoms with Gasteiger partial charge in [-0.25, -0.2) is 0 Å². The molecule has 1 aromatic rings. The largest absolute Gasteiger partial charge is 0.337 e. The van der Waals surface area contributed by atoms with Gasteiger partial charge in [0.1, 0.15) is 0 Å². The molecular weight excluding hydrogens is 286 g/mol. The van der Waals surface area contributed by atoms with Crippen LogP contribution in [-0.4, -0.2) is 66.4 Å². The van der Waals surface area contributed by atoms with Gasteiger partial charge in [-0.05, 0) is 23.5 Å². The van der Waals surface area contributed by atoms with Crippen molar-refractivity contribution < 1.29 is 4.79 Å². The molecule has 2 aliphatic rings. The minimum Gasteiger partial charge on any atom is -0.337 e. The Kier molecular flexibility index (Phi) is 5.34. The number of hydrogen-bond donors (Lipinski definition) is 0. The van der Waals surface area contributed by atoms with Crippen LogP contribution in [0.1, 0.15) is 25.0 Å². The smallest absolute Gasteiger partial charge is 0.237 e. The molecule has 1 amide bonds. The number of carbonyl (C=O) groups excluding carboxylic acids is 1. The van der Waals surface area contributed by atoms with Gasteiger partial charge in [0.15, 0.2) is 0 Å².